The summed E-state index contributed by atoms with van der Waals surface area (Å²) in [4.78, 5) is 24.7. The molecule has 0 unspecified atom stereocenters. The highest BCUT2D eigenvalue weighted by Crippen LogP contribution is 2.35. The molecule has 0 rings (SSSR count). The molecule has 20 heavy (non-hydrogen) atoms. The predicted octanol–water partition coefficient (Wildman–Crippen LogP) is 2.31. The standard InChI is InChI=1S/C15H28O5/c1-5-19-13(17)15(11-12(3)4,9-7-8-10-16)14(18)20-6-2/h12,16H,5-11H2,1-4H3. The van der Waals surface area contributed by atoms with Crippen LogP contribution in [0.1, 0.15) is 53.4 Å². The number of carbonyl (C=O) groups excluding carboxylic acids is 2. The number of unbranched alkanes of at least 4 members (excludes halogenated alkanes) is 1. The molecule has 5 heteroatoms. The third-order valence-electron chi connectivity index (χ3n) is 3.10. The first-order chi connectivity index (χ1) is 9.44. The van der Waals surface area contributed by atoms with Gasteiger partial charge in [0.2, 0.25) is 0 Å². The monoisotopic (exact) mass is 288 g/mol. The minimum atomic E-state index is -1.24. The zero-order valence-corrected chi connectivity index (χ0v) is 13.1. The Hall–Kier alpha value is -1.10. The molecule has 0 aliphatic rings. The Kier molecular flexibility index (Phi) is 9.21. The average molecular weight is 288 g/mol. The van der Waals surface area contributed by atoms with Crippen molar-refractivity contribution in [3.05, 3.63) is 0 Å². The summed E-state index contributed by atoms with van der Waals surface area (Å²) in [6.07, 6.45) is 1.89. The van der Waals surface area contributed by atoms with E-state index in [2.05, 4.69) is 0 Å². The molecule has 0 aromatic rings. The number of carbonyl (C=O) groups is 2. The van der Waals surface area contributed by atoms with Gasteiger partial charge in [-0.15, -0.1) is 0 Å². The maximum atomic E-state index is 12.3. The molecule has 0 aromatic carbocycles. The highest BCUT2D eigenvalue weighted by atomic mass is 16.6. The van der Waals surface area contributed by atoms with E-state index in [0.29, 0.717) is 25.7 Å². The largest absolute Gasteiger partial charge is 0.465 e. The molecule has 0 heterocycles. The maximum absolute atomic E-state index is 12.3. The molecule has 0 atom stereocenters. The number of aliphatic hydroxyl groups is 1. The number of hydrogen-bond acceptors (Lipinski definition) is 5. The normalized spacial score (nSPS) is 11.5. The smallest absolute Gasteiger partial charge is 0.323 e. The minimum absolute atomic E-state index is 0.0450. The van der Waals surface area contributed by atoms with E-state index in [-0.39, 0.29) is 25.7 Å². The fraction of sp³-hybridized carbons (Fsp3) is 0.867. The van der Waals surface area contributed by atoms with Crippen LogP contribution in [0.15, 0.2) is 0 Å². The Morgan fingerprint density at radius 1 is 1.05 bits per heavy atom. The van der Waals surface area contributed by atoms with E-state index in [1.807, 2.05) is 13.8 Å². The zero-order chi connectivity index (χ0) is 15.6. The molecular formula is C15H28O5. The van der Waals surface area contributed by atoms with E-state index >= 15 is 0 Å². The molecule has 0 saturated heterocycles. The molecule has 0 aliphatic heterocycles. The number of aliphatic hydroxyl groups excluding tert-OH is 1. The molecule has 0 bridgehead atoms. The summed E-state index contributed by atoms with van der Waals surface area (Å²) in [6.45, 7) is 7.87. The molecular weight excluding hydrogens is 260 g/mol. The lowest BCUT2D eigenvalue weighted by Gasteiger charge is -2.30. The molecule has 0 aliphatic carbocycles. The van der Waals surface area contributed by atoms with Gasteiger partial charge in [-0.3, -0.25) is 9.59 Å². The molecule has 0 amide bonds. The average Bonchev–Trinajstić information content (AvgIpc) is 2.37. The summed E-state index contributed by atoms with van der Waals surface area (Å²) < 4.78 is 10.2. The van der Waals surface area contributed by atoms with Crippen LogP contribution in [0.4, 0.5) is 0 Å². The van der Waals surface area contributed by atoms with E-state index in [0.717, 1.165) is 0 Å². The summed E-state index contributed by atoms with van der Waals surface area (Å²) in [6, 6.07) is 0. The van der Waals surface area contributed by atoms with E-state index in [4.69, 9.17) is 14.6 Å². The van der Waals surface area contributed by atoms with Crippen molar-refractivity contribution in [3.63, 3.8) is 0 Å². The van der Waals surface area contributed by atoms with Crippen LogP contribution in [-0.2, 0) is 19.1 Å². The first-order valence-corrected chi connectivity index (χ1v) is 7.39. The topological polar surface area (TPSA) is 72.8 Å². The molecule has 118 valence electrons. The third kappa shape index (κ3) is 5.49. The lowest BCUT2D eigenvalue weighted by Crippen LogP contribution is -2.43. The lowest BCUT2D eigenvalue weighted by atomic mass is 9.76. The van der Waals surface area contributed by atoms with E-state index < -0.39 is 17.4 Å². The zero-order valence-electron chi connectivity index (χ0n) is 13.1. The first-order valence-electron chi connectivity index (χ1n) is 7.39. The number of rotatable bonds is 10. The van der Waals surface area contributed by atoms with Gasteiger partial charge in [0.05, 0.1) is 13.2 Å². The lowest BCUT2D eigenvalue weighted by molar-refractivity contribution is -0.174. The van der Waals surface area contributed by atoms with Gasteiger partial charge in [0.1, 0.15) is 0 Å². The second-order valence-corrected chi connectivity index (χ2v) is 5.30. The van der Waals surface area contributed by atoms with Crippen LogP contribution in [0.5, 0.6) is 0 Å². The van der Waals surface area contributed by atoms with Crippen LogP contribution in [-0.4, -0.2) is 36.9 Å². The summed E-state index contributed by atoms with van der Waals surface area (Å²) in [7, 11) is 0. The van der Waals surface area contributed by atoms with Crippen LogP contribution in [0, 0.1) is 11.3 Å². The molecule has 0 aromatic heterocycles. The Balaban J connectivity index is 5.26. The second-order valence-electron chi connectivity index (χ2n) is 5.30. The van der Waals surface area contributed by atoms with Crippen molar-refractivity contribution >= 4 is 11.9 Å². The maximum Gasteiger partial charge on any atom is 0.323 e. The van der Waals surface area contributed by atoms with Crippen molar-refractivity contribution in [1.29, 1.82) is 0 Å². The van der Waals surface area contributed by atoms with Crippen molar-refractivity contribution < 1.29 is 24.2 Å². The van der Waals surface area contributed by atoms with Crippen molar-refractivity contribution in [2.75, 3.05) is 19.8 Å². The van der Waals surface area contributed by atoms with Crippen molar-refractivity contribution in [2.24, 2.45) is 11.3 Å². The Labute approximate surface area is 121 Å². The van der Waals surface area contributed by atoms with E-state index in [9.17, 15) is 9.59 Å². The second kappa shape index (κ2) is 9.75. The summed E-state index contributed by atoms with van der Waals surface area (Å²) in [5.74, 6) is -0.854. The Bertz CT molecular complexity index is 281. The fourth-order valence-electron chi connectivity index (χ4n) is 2.33. The molecule has 0 radical (unpaired) electrons. The van der Waals surface area contributed by atoms with Crippen LogP contribution in [0.25, 0.3) is 0 Å². The van der Waals surface area contributed by atoms with Crippen LogP contribution < -0.4 is 0 Å². The number of hydrogen-bond donors (Lipinski definition) is 1. The summed E-state index contributed by atoms with van der Waals surface area (Å²) >= 11 is 0. The van der Waals surface area contributed by atoms with Crippen LogP contribution >= 0.6 is 0 Å². The van der Waals surface area contributed by atoms with Gasteiger partial charge in [-0.25, -0.2) is 0 Å². The van der Waals surface area contributed by atoms with E-state index in [1.165, 1.54) is 0 Å². The van der Waals surface area contributed by atoms with Gasteiger partial charge in [0.15, 0.2) is 5.41 Å². The van der Waals surface area contributed by atoms with Crippen molar-refractivity contribution in [3.8, 4) is 0 Å². The molecule has 0 saturated carbocycles. The van der Waals surface area contributed by atoms with Gasteiger partial charge < -0.3 is 14.6 Å². The highest BCUT2D eigenvalue weighted by molar-refractivity contribution is 6.00. The van der Waals surface area contributed by atoms with Gasteiger partial charge in [0, 0.05) is 6.61 Å². The van der Waals surface area contributed by atoms with Gasteiger partial charge in [-0.1, -0.05) is 13.8 Å². The Morgan fingerprint density at radius 3 is 1.90 bits per heavy atom. The summed E-state index contributed by atoms with van der Waals surface area (Å²) in [5, 5.41) is 8.90. The SMILES string of the molecule is CCOC(=O)C(CCCCO)(CC(C)C)C(=O)OCC. The quantitative estimate of drug-likeness (QED) is 0.379. The van der Waals surface area contributed by atoms with Gasteiger partial charge in [-0.2, -0.15) is 0 Å². The molecule has 1 N–H and O–H groups in total. The third-order valence-corrected chi connectivity index (χ3v) is 3.10. The van der Waals surface area contributed by atoms with Gasteiger partial charge in [0.25, 0.3) is 0 Å². The predicted molar refractivity (Wildman–Crippen MR) is 76.1 cm³/mol. The van der Waals surface area contributed by atoms with Crippen LogP contribution in [0.3, 0.4) is 0 Å². The number of esters is 2. The van der Waals surface area contributed by atoms with Gasteiger partial charge >= 0.3 is 11.9 Å². The molecule has 5 nitrogen and oxygen atoms in total. The van der Waals surface area contributed by atoms with E-state index in [1.54, 1.807) is 13.8 Å². The minimum Gasteiger partial charge on any atom is -0.465 e. The van der Waals surface area contributed by atoms with Crippen molar-refractivity contribution in [2.45, 2.75) is 53.4 Å². The van der Waals surface area contributed by atoms with Crippen molar-refractivity contribution in [1.82, 2.24) is 0 Å². The number of ether oxygens (including phenoxy) is 2. The highest BCUT2D eigenvalue weighted by Gasteiger charge is 2.48. The first kappa shape index (κ1) is 18.9. The Morgan fingerprint density at radius 2 is 1.55 bits per heavy atom. The van der Waals surface area contributed by atoms with Crippen LogP contribution in [0.2, 0.25) is 0 Å². The summed E-state index contributed by atoms with van der Waals surface area (Å²) in [5.41, 5.74) is -1.24. The fourth-order valence-corrected chi connectivity index (χ4v) is 2.33. The molecule has 0 fully saturated rings. The van der Waals surface area contributed by atoms with Gasteiger partial charge in [-0.05, 0) is 45.4 Å². The molecule has 0 spiro atoms.